The van der Waals surface area contributed by atoms with E-state index in [0.29, 0.717) is 12.8 Å². The van der Waals surface area contributed by atoms with E-state index in [2.05, 4.69) is 13.8 Å². The molecule has 0 unspecified atom stereocenters. The zero-order valence-electron chi connectivity index (χ0n) is 30.0. The van der Waals surface area contributed by atoms with Crippen LogP contribution in [0.5, 0.6) is 0 Å². The van der Waals surface area contributed by atoms with Gasteiger partial charge in [0.1, 0.15) is 0 Å². The van der Waals surface area contributed by atoms with Crippen LogP contribution in [0.2, 0.25) is 0 Å². The van der Waals surface area contributed by atoms with Gasteiger partial charge in [-0.05, 0) is 12.8 Å². The molecule has 0 bridgehead atoms. The largest absolute Gasteiger partial charge is 2.00 e. The molecule has 0 saturated heterocycles. The fourth-order valence-electron chi connectivity index (χ4n) is 5.30. The van der Waals surface area contributed by atoms with Crippen molar-refractivity contribution in [2.75, 3.05) is 0 Å². The van der Waals surface area contributed by atoms with E-state index in [-0.39, 0.29) is 58.0 Å². The predicted molar refractivity (Wildman–Crippen MR) is 192 cm³/mol. The topological polar surface area (TPSA) is 74.6 Å². The smallest absolute Gasteiger partial charge is 1.00 e. The van der Waals surface area contributed by atoms with Gasteiger partial charge in [0.2, 0.25) is 0 Å². The van der Waals surface area contributed by atoms with Gasteiger partial charge in [0.15, 0.2) is 17.4 Å². The number of carboxylic acid groups (broad SMARTS) is 2. The summed E-state index contributed by atoms with van der Waals surface area (Å²) in [5, 5.41) is 17.0. The number of carboxylic acids is 2. The fourth-order valence-corrected chi connectivity index (χ4v) is 5.30. The zero-order valence-corrected chi connectivity index (χ0v) is 30.3. The van der Waals surface area contributed by atoms with Crippen LogP contribution in [-0.2, 0) is 9.59 Å². The Kier molecular flexibility index (Phi) is 54.5. The first kappa shape index (κ1) is 49.6. The molecule has 0 aliphatic carbocycles. The minimum absolute atomic E-state index is 0. The molecule has 0 fully saturated rings. The molecule has 0 radical (unpaired) electrons. The summed E-state index contributed by atoms with van der Waals surface area (Å²) in [5.74, 6) is -1.31. The van der Waals surface area contributed by atoms with Crippen molar-refractivity contribution in [2.24, 2.45) is 0 Å². The standard InChI is InChI=1S/2C18H36O2.Al.Ca.5H/c2*1-2-3-4-5-6-7-8-9-10-11-12-13-14-15-16-17-18(19)20;;;;;;;/h2*2-17H2,1H3,(H,19,20);;;;;;;/q;;;+2;;;;2*-1. The summed E-state index contributed by atoms with van der Waals surface area (Å²) in [6, 6.07) is 0. The van der Waals surface area contributed by atoms with Gasteiger partial charge < -0.3 is 13.1 Å². The zero-order chi connectivity index (χ0) is 29.8. The second-order valence-electron chi connectivity index (χ2n) is 12.2. The van der Waals surface area contributed by atoms with E-state index in [0.717, 1.165) is 25.7 Å². The Morgan fingerprint density at radius 1 is 0.357 bits per heavy atom. The Morgan fingerprint density at radius 2 is 0.500 bits per heavy atom. The second kappa shape index (κ2) is 46.2. The van der Waals surface area contributed by atoms with E-state index in [1.54, 1.807) is 0 Å². The Labute approximate surface area is 306 Å². The molecule has 0 atom stereocenters. The van der Waals surface area contributed by atoms with E-state index in [1.807, 2.05) is 0 Å². The van der Waals surface area contributed by atoms with Crippen LogP contribution >= 0.6 is 0 Å². The molecule has 0 aliphatic rings. The van der Waals surface area contributed by atoms with Gasteiger partial charge in [0.05, 0.1) is 0 Å². The number of hydrogen-bond donors (Lipinski definition) is 2. The second-order valence-corrected chi connectivity index (χ2v) is 12.2. The third-order valence-corrected chi connectivity index (χ3v) is 7.99. The third kappa shape index (κ3) is 53.3. The van der Waals surface area contributed by atoms with Crippen LogP contribution in [0.3, 0.4) is 0 Å². The molecule has 0 heterocycles. The third-order valence-electron chi connectivity index (χ3n) is 7.99. The summed E-state index contributed by atoms with van der Waals surface area (Å²) < 4.78 is 0. The molecular weight excluding hydrogens is 563 g/mol. The van der Waals surface area contributed by atoms with Crippen molar-refractivity contribution in [3.8, 4) is 0 Å². The van der Waals surface area contributed by atoms with E-state index in [9.17, 15) is 9.59 Å². The summed E-state index contributed by atoms with van der Waals surface area (Å²) >= 11 is 0. The molecule has 0 rings (SSSR count). The van der Waals surface area contributed by atoms with Crippen molar-refractivity contribution in [3.05, 3.63) is 0 Å². The molecule has 0 aromatic carbocycles. The summed E-state index contributed by atoms with van der Waals surface area (Å²) in [5.41, 5.74) is 0. The van der Waals surface area contributed by atoms with Crippen molar-refractivity contribution in [1.29, 1.82) is 0 Å². The molecular formula is C36H77AlCaO4. The maximum atomic E-state index is 10.3. The van der Waals surface area contributed by atoms with Crippen molar-refractivity contribution >= 4 is 67.0 Å². The van der Waals surface area contributed by atoms with Crippen molar-refractivity contribution < 1.29 is 22.7 Å². The number of unbranched alkanes of at least 4 members (excludes halogenated alkanes) is 28. The summed E-state index contributed by atoms with van der Waals surface area (Å²) in [6.45, 7) is 4.54. The van der Waals surface area contributed by atoms with Gasteiger partial charge in [0.25, 0.3) is 0 Å². The van der Waals surface area contributed by atoms with Gasteiger partial charge in [-0.1, -0.05) is 194 Å². The van der Waals surface area contributed by atoms with E-state index >= 15 is 0 Å². The molecule has 0 aromatic rings. The molecule has 0 spiro atoms. The average Bonchev–Trinajstić information content (AvgIpc) is 2.93. The average molecular weight is 641 g/mol. The quantitative estimate of drug-likeness (QED) is 0.0567. The van der Waals surface area contributed by atoms with Gasteiger partial charge in [-0.15, -0.1) is 0 Å². The number of rotatable bonds is 32. The normalized spacial score (nSPS) is 10.3. The summed E-state index contributed by atoms with van der Waals surface area (Å²) in [7, 11) is 0. The van der Waals surface area contributed by atoms with Crippen molar-refractivity contribution in [2.45, 2.75) is 219 Å². The summed E-state index contributed by atoms with van der Waals surface area (Å²) in [6.07, 6.45) is 40.4. The van der Waals surface area contributed by atoms with Gasteiger partial charge in [0, 0.05) is 12.8 Å². The van der Waals surface area contributed by atoms with Crippen LogP contribution in [0.4, 0.5) is 0 Å². The van der Waals surface area contributed by atoms with Crippen LogP contribution in [0.25, 0.3) is 0 Å². The first-order chi connectivity index (χ1) is 19.5. The minimum atomic E-state index is -0.653. The molecule has 0 aliphatic heterocycles. The molecule has 0 saturated carbocycles. The monoisotopic (exact) mass is 641 g/mol. The molecule has 2 N–H and O–H groups in total. The van der Waals surface area contributed by atoms with Crippen LogP contribution < -0.4 is 0 Å². The maximum Gasteiger partial charge on any atom is 2.00 e. The maximum absolute atomic E-state index is 10.3. The van der Waals surface area contributed by atoms with E-state index in [4.69, 9.17) is 10.2 Å². The SMILES string of the molecule is CCCCCCCCCCCCCCCCCC(=O)O.CCCCCCCCCCCCCCCCCC(=O)O.[AlH3].[Ca+2].[H-].[H-]. The Hall–Kier alpha value is 0.732. The van der Waals surface area contributed by atoms with Crippen molar-refractivity contribution in [1.82, 2.24) is 0 Å². The molecule has 250 valence electrons. The fraction of sp³-hybridized carbons (Fsp3) is 0.944. The molecule has 4 nitrogen and oxygen atoms in total. The molecule has 6 heteroatoms. The van der Waals surface area contributed by atoms with Crippen LogP contribution in [-0.4, -0.2) is 77.3 Å². The van der Waals surface area contributed by atoms with Gasteiger partial charge in [-0.25, -0.2) is 0 Å². The van der Waals surface area contributed by atoms with E-state index < -0.39 is 11.9 Å². The Bertz CT molecular complexity index is 473. The van der Waals surface area contributed by atoms with Gasteiger partial charge >= 0.3 is 49.7 Å². The van der Waals surface area contributed by atoms with Gasteiger partial charge in [-0.3, -0.25) is 9.59 Å². The number of hydrogen-bond acceptors (Lipinski definition) is 2. The predicted octanol–water partition coefficient (Wildman–Crippen LogP) is 11.3. The molecule has 42 heavy (non-hydrogen) atoms. The first-order valence-electron chi connectivity index (χ1n) is 18.0. The Morgan fingerprint density at radius 3 is 0.643 bits per heavy atom. The van der Waals surface area contributed by atoms with Crippen LogP contribution in [0.1, 0.15) is 222 Å². The van der Waals surface area contributed by atoms with E-state index in [1.165, 1.54) is 167 Å². The van der Waals surface area contributed by atoms with Crippen LogP contribution in [0, 0.1) is 0 Å². The Balaban J connectivity index is -0.000000150. The number of carbonyl (C=O) groups is 2. The number of aliphatic carboxylic acids is 2. The minimum Gasteiger partial charge on any atom is -1.00 e. The first-order valence-corrected chi connectivity index (χ1v) is 18.0. The molecule has 0 aromatic heterocycles. The van der Waals surface area contributed by atoms with Gasteiger partial charge in [-0.2, -0.15) is 0 Å². The van der Waals surface area contributed by atoms with Crippen LogP contribution in [0.15, 0.2) is 0 Å². The summed E-state index contributed by atoms with van der Waals surface area (Å²) in [4.78, 5) is 20.7. The molecule has 0 amide bonds. The van der Waals surface area contributed by atoms with Crippen molar-refractivity contribution in [3.63, 3.8) is 0 Å².